The molecule has 4 rings (SSSR count). The lowest BCUT2D eigenvalue weighted by Gasteiger charge is -1.99. The maximum Gasteiger partial charge on any atom is 0.322 e. The van der Waals surface area contributed by atoms with Gasteiger partial charge in [0, 0.05) is 16.5 Å². The minimum Gasteiger partial charge on any atom is -0.403 e. The highest BCUT2D eigenvalue weighted by atomic mass is 32.1. The van der Waals surface area contributed by atoms with Crippen LogP contribution in [0.3, 0.4) is 0 Å². The van der Waals surface area contributed by atoms with E-state index < -0.39 is 0 Å². The summed E-state index contributed by atoms with van der Waals surface area (Å²) in [7, 11) is 0. The van der Waals surface area contributed by atoms with Crippen molar-refractivity contribution in [3.05, 3.63) is 40.6 Å². The van der Waals surface area contributed by atoms with Gasteiger partial charge in [-0.25, -0.2) is 0 Å². The molecule has 3 aromatic heterocycles. The van der Waals surface area contributed by atoms with Crippen molar-refractivity contribution in [1.82, 2.24) is 18.9 Å². The van der Waals surface area contributed by atoms with Crippen molar-refractivity contribution < 1.29 is 9.21 Å². The summed E-state index contributed by atoms with van der Waals surface area (Å²) in [5.41, 5.74) is 2.73. The van der Waals surface area contributed by atoms with Crippen LogP contribution in [0.15, 0.2) is 39.4 Å². The molecular weight excluding hydrogens is 322 g/mol. The number of thiophene rings is 1. The minimum absolute atomic E-state index is 0.0581. The van der Waals surface area contributed by atoms with Gasteiger partial charge in [0.25, 0.3) is 11.8 Å². The first-order valence-corrected chi connectivity index (χ1v) is 7.87. The third kappa shape index (κ3) is 2.36. The van der Waals surface area contributed by atoms with Crippen molar-refractivity contribution in [1.29, 1.82) is 0 Å². The maximum atomic E-state index is 12.2. The molecule has 0 unspecified atom stereocenters. The number of carbonyl (C=O) groups excluding carboxylic acids is 1. The molecule has 1 N–H and O–H groups in total. The van der Waals surface area contributed by atoms with E-state index in [1.807, 2.05) is 16.8 Å². The first-order chi connectivity index (χ1) is 10.8. The lowest BCUT2D eigenvalue weighted by atomic mass is 10.2. The van der Waals surface area contributed by atoms with Gasteiger partial charge in [-0.15, -0.1) is 5.10 Å². The normalized spacial score (nSPS) is 10.9. The molecule has 1 amide bonds. The molecule has 0 saturated carbocycles. The van der Waals surface area contributed by atoms with Gasteiger partial charge < -0.3 is 4.42 Å². The fourth-order valence-electron chi connectivity index (χ4n) is 1.87. The van der Waals surface area contributed by atoms with Crippen LogP contribution in [0.2, 0.25) is 0 Å². The molecule has 0 saturated heterocycles. The Bertz CT molecular complexity index is 944. The van der Waals surface area contributed by atoms with Gasteiger partial charge in [0.05, 0.1) is 11.7 Å². The van der Waals surface area contributed by atoms with Crippen LogP contribution in [-0.4, -0.2) is 24.9 Å². The largest absolute Gasteiger partial charge is 0.403 e. The van der Waals surface area contributed by atoms with Crippen molar-refractivity contribution in [2.24, 2.45) is 0 Å². The van der Waals surface area contributed by atoms with Crippen LogP contribution in [0.4, 0.5) is 6.01 Å². The highest BCUT2D eigenvalue weighted by Gasteiger charge is 2.14. The fourth-order valence-corrected chi connectivity index (χ4v) is 3.02. The highest BCUT2D eigenvalue weighted by molar-refractivity contribution is 7.08. The number of amides is 1. The molecule has 0 aliphatic carbocycles. The lowest BCUT2D eigenvalue weighted by molar-refractivity contribution is 0.102. The van der Waals surface area contributed by atoms with Crippen LogP contribution in [0.1, 0.15) is 10.4 Å². The smallest absolute Gasteiger partial charge is 0.322 e. The van der Waals surface area contributed by atoms with Crippen molar-refractivity contribution in [3.8, 4) is 11.5 Å². The van der Waals surface area contributed by atoms with E-state index in [1.165, 1.54) is 11.3 Å². The molecule has 0 radical (unpaired) electrons. The summed E-state index contributed by atoms with van der Waals surface area (Å²) in [4.78, 5) is 12.2. The summed E-state index contributed by atoms with van der Waals surface area (Å²) in [5.74, 6) is 0.0334. The third-order valence-corrected chi connectivity index (χ3v) is 4.17. The molecule has 0 aliphatic heterocycles. The van der Waals surface area contributed by atoms with Gasteiger partial charge in [0.15, 0.2) is 0 Å². The molecule has 1 aromatic carbocycles. The molecule has 4 aromatic rings. The Kier molecular flexibility index (Phi) is 3.13. The number of nitrogens with one attached hydrogen (secondary N) is 1. The van der Waals surface area contributed by atoms with Crippen LogP contribution < -0.4 is 5.32 Å². The molecule has 0 aliphatic rings. The molecule has 108 valence electrons. The van der Waals surface area contributed by atoms with Crippen LogP contribution in [0, 0.1) is 0 Å². The molecule has 3 heterocycles. The van der Waals surface area contributed by atoms with Gasteiger partial charge in [-0.05, 0) is 29.6 Å². The minimum atomic E-state index is -0.338. The summed E-state index contributed by atoms with van der Waals surface area (Å²) in [5, 5.41) is 14.1. The zero-order chi connectivity index (χ0) is 14.9. The maximum absolute atomic E-state index is 12.2. The number of hydrogen-bond donors (Lipinski definition) is 1. The first-order valence-electron chi connectivity index (χ1n) is 6.19. The summed E-state index contributed by atoms with van der Waals surface area (Å²) in [6.07, 6.45) is 0. The average molecular weight is 329 g/mol. The number of carbonyl (C=O) groups is 1. The number of aromatic nitrogens is 4. The third-order valence-electron chi connectivity index (χ3n) is 2.93. The summed E-state index contributed by atoms with van der Waals surface area (Å²) < 4.78 is 13.6. The number of nitrogens with zero attached hydrogens (tertiary/aromatic N) is 4. The second-order valence-corrected chi connectivity index (χ2v) is 5.65. The standard InChI is InChI=1S/C13H7N5O2S2/c19-11(7-1-2-9-10(5-7)18-22-17-9)14-13-16-15-12(20-13)8-3-4-21-6-8/h1-6H,(H,14,16,19). The Hall–Kier alpha value is -2.65. The van der Waals surface area contributed by atoms with Crippen LogP contribution in [-0.2, 0) is 0 Å². The van der Waals surface area contributed by atoms with Crippen molar-refractivity contribution >= 4 is 46.0 Å². The average Bonchev–Trinajstić information content (AvgIpc) is 3.27. The van der Waals surface area contributed by atoms with Gasteiger partial charge in [-0.1, -0.05) is 5.10 Å². The predicted molar refractivity (Wildman–Crippen MR) is 83.0 cm³/mol. The zero-order valence-electron chi connectivity index (χ0n) is 10.9. The van der Waals surface area contributed by atoms with E-state index in [4.69, 9.17) is 4.42 Å². The Morgan fingerprint density at radius 1 is 1.14 bits per heavy atom. The first kappa shape index (κ1) is 13.0. The van der Waals surface area contributed by atoms with E-state index in [-0.39, 0.29) is 11.9 Å². The van der Waals surface area contributed by atoms with Gasteiger partial charge >= 0.3 is 6.01 Å². The van der Waals surface area contributed by atoms with E-state index in [9.17, 15) is 4.79 Å². The molecule has 0 atom stereocenters. The number of hydrogen-bond acceptors (Lipinski definition) is 8. The molecule has 7 nitrogen and oxygen atoms in total. The number of rotatable bonds is 3. The van der Waals surface area contributed by atoms with E-state index in [1.54, 1.807) is 18.2 Å². The summed E-state index contributed by atoms with van der Waals surface area (Å²) in [6, 6.07) is 7.02. The highest BCUT2D eigenvalue weighted by Crippen LogP contribution is 2.22. The lowest BCUT2D eigenvalue weighted by Crippen LogP contribution is -2.12. The van der Waals surface area contributed by atoms with Gasteiger partial charge in [0.1, 0.15) is 11.0 Å². The molecule has 0 spiro atoms. The number of anilines is 1. The zero-order valence-corrected chi connectivity index (χ0v) is 12.5. The van der Waals surface area contributed by atoms with Gasteiger partial charge in [-0.3, -0.25) is 10.1 Å². The van der Waals surface area contributed by atoms with Crippen LogP contribution in [0.5, 0.6) is 0 Å². The molecule has 9 heteroatoms. The van der Waals surface area contributed by atoms with Crippen molar-refractivity contribution in [2.75, 3.05) is 5.32 Å². The van der Waals surface area contributed by atoms with E-state index in [2.05, 4.69) is 24.3 Å². The monoisotopic (exact) mass is 329 g/mol. The Balaban J connectivity index is 1.56. The van der Waals surface area contributed by atoms with Gasteiger partial charge in [-0.2, -0.15) is 20.1 Å². The Morgan fingerprint density at radius 3 is 2.91 bits per heavy atom. The van der Waals surface area contributed by atoms with Crippen LogP contribution >= 0.6 is 23.1 Å². The van der Waals surface area contributed by atoms with E-state index >= 15 is 0 Å². The Morgan fingerprint density at radius 2 is 2.05 bits per heavy atom. The van der Waals surface area contributed by atoms with E-state index in [0.29, 0.717) is 17.0 Å². The van der Waals surface area contributed by atoms with Crippen molar-refractivity contribution in [3.63, 3.8) is 0 Å². The molecule has 0 bridgehead atoms. The quantitative estimate of drug-likeness (QED) is 0.621. The topological polar surface area (TPSA) is 93.8 Å². The summed E-state index contributed by atoms with van der Waals surface area (Å²) in [6.45, 7) is 0. The fraction of sp³-hybridized carbons (Fsp3) is 0. The molecule has 0 fully saturated rings. The predicted octanol–water partition coefficient (Wildman–Crippen LogP) is 3.06. The van der Waals surface area contributed by atoms with Gasteiger partial charge in [0.2, 0.25) is 0 Å². The second kappa shape index (κ2) is 5.28. The van der Waals surface area contributed by atoms with Crippen LogP contribution in [0.25, 0.3) is 22.5 Å². The van der Waals surface area contributed by atoms with E-state index in [0.717, 1.165) is 22.8 Å². The molecular formula is C13H7N5O2S2. The SMILES string of the molecule is O=C(Nc1nnc(-c2ccsc2)o1)c1ccc2nsnc2c1. The number of benzene rings is 1. The Labute approximate surface area is 132 Å². The van der Waals surface area contributed by atoms with Crippen molar-refractivity contribution in [2.45, 2.75) is 0 Å². The second-order valence-electron chi connectivity index (χ2n) is 4.35. The summed E-state index contributed by atoms with van der Waals surface area (Å²) >= 11 is 2.64. The number of fused-ring (bicyclic) bond motifs is 1. The molecule has 22 heavy (non-hydrogen) atoms.